The van der Waals surface area contributed by atoms with Gasteiger partial charge in [0.2, 0.25) is 10.0 Å². The van der Waals surface area contributed by atoms with E-state index >= 15 is 0 Å². The molecule has 0 aliphatic rings. The fraction of sp³-hybridized carbons (Fsp3) is 0.571. The van der Waals surface area contributed by atoms with Gasteiger partial charge in [-0.1, -0.05) is 49.0 Å². The molecule has 1 unspecified atom stereocenters. The smallest absolute Gasteiger partial charge is 0.242 e. The quantitative estimate of drug-likeness (QED) is 0.694. The van der Waals surface area contributed by atoms with E-state index in [9.17, 15) is 8.42 Å². The Morgan fingerprint density at radius 2 is 2.05 bits per heavy atom. The van der Waals surface area contributed by atoms with Crippen LogP contribution in [0.5, 0.6) is 0 Å². The van der Waals surface area contributed by atoms with Gasteiger partial charge in [-0.25, -0.2) is 13.1 Å². The molecular weight excluding hydrogens is 340 g/mol. The minimum absolute atomic E-state index is 0.136. The van der Waals surface area contributed by atoms with Gasteiger partial charge in [0.05, 0.1) is 5.69 Å². The molecule has 1 rings (SSSR count). The Labute approximate surface area is 130 Å². The molecule has 0 amide bonds. The van der Waals surface area contributed by atoms with Gasteiger partial charge in [0.1, 0.15) is 4.90 Å². The average molecular weight is 363 g/mol. The number of nitrogen functional groups attached to an aromatic ring is 1. The zero-order chi connectivity index (χ0) is 15.2. The first-order valence-electron chi connectivity index (χ1n) is 6.95. The number of halogens is 1. The van der Waals surface area contributed by atoms with Crippen molar-refractivity contribution in [2.75, 3.05) is 12.3 Å². The van der Waals surface area contributed by atoms with Crippen molar-refractivity contribution in [3.05, 3.63) is 22.7 Å². The largest absolute Gasteiger partial charge is 0.398 e. The second-order valence-corrected chi connectivity index (χ2v) is 7.60. The Morgan fingerprint density at radius 1 is 1.35 bits per heavy atom. The number of anilines is 1. The molecular formula is C14H23BrN2O2S. The first-order valence-corrected chi connectivity index (χ1v) is 9.23. The summed E-state index contributed by atoms with van der Waals surface area (Å²) in [7, 11) is -3.55. The molecule has 20 heavy (non-hydrogen) atoms. The SMILES string of the molecule is CCCCC(CC)CNS(=O)(=O)c1cc(Br)ccc1N. The van der Waals surface area contributed by atoms with Crippen molar-refractivity contribution in [1.82, 2.24) is 4.72 Å². The number of nitrogens with two attached hydrogens (primary N) is 1. The van der Waals surface area contributed by atoms with Crippen LogP contribution in [0.4, 0.5) is 5.69 Å². The minimum Gasteiger partial charge on any atom is -0.398 e. The summed E-state index contributed by atoms with van der Waals surface area (Å²) in [5.74, 6) is 0.373. The van der Waals surface area contributed by atoms with Crippen LogP contribution in [-0.2, 0) is 10.0 Å². The molecule has 0 radical (unpaired) electrons. The number of hydrogen-bond acceptors (Lipinski definition) is 3. The molecule has 0 fully saturated rings. The van der Waals surface area contributed by atoms with Crippen LogP contribution in [0.2, 0.25) is 0 Å². The highest BCUT2D eigenvalue weighted by molar-refractivity contribution is 9.10. The van der Waals surface area contributed by atoms with E-state index < -0.39 is 10.0 Å². The highest BCUT2D eigenvalue weighted by Crippen LogP contribution is 2.23. The van der Waals surface area contributed by atoms with Crippen molar-refractivity contribution in [3.8, 4) is 0 Å². The van der Waals surface area contributed by atoms with E-state index in [1.54, 1.807) is 12.1 Å². The second-order valence-electron chi connectivity index (χ2n) is 4.95. The van der Waals surface area contributed by atoms with Crippen LogP contribution in [0.15, 0.2) is 27.6 Å². The molecule has 3 N–H and O–H groups in total. The second kappa shape index (κ2) is 8.00. The highest BCUT2D eigenvalue weighted by Gasteiger charge is 2.19. The number of unbranched alkanes of at least 4 members (excludes halogenated alkanes) is 1. The normalized spacial score (nSPS) is 13.3. The van der Waals surface area contributed by atoms with Crippen molar-refractivity contribution in [2.24, 2.45) is 5.92 Å². The van der Waals surface area contributed by atoms with E-state index in [-0.39, 0.29) is 10.6 Å². The van der Waals surface area contributed by atoms with Crippen LogP contribution in [-0.4, -0.2) is 15.0 Å². The standard InChI is InChI=1S/C14H23BrN2O2S/c1-3-5-6-11(4-2)10-17-20(18,19)14-9-12(15)7-8-13(14)16/h7-9,11,17H,3-6,10,16H2,1-2H3. The number of benzene rings is 1. The molecule has 0 saturated carbocycles. The molecule has 1 aromatic rings. The van der Waals surface area contributed by atoms with E-state index in [1.165, 1.54) is 6.07 Å². The van der Waals surface area contributed by atoms with Gasteiger partial charge in [0.25, 0.3) is 0 Å². The van der Waals surface area contributed by atoms with Gasteiger partial charge < -0.3 is 5.73 Å². The summed E-state index contributed by atoms with van der Waals surface area (Å²) in [4.78, 5) is 0.136. The average Bonchev–Trinajstić information content (AvgIpc) is 2.41. The topological polar surface area (TPSA) is 72.2 Å². The summed E-state index contributed by atoms with van der Waals surface area (Å²) in [6.07, 6.45) is 4.26. The van der Waals surface area contributed by atoms with Gasteiger partial charge in [-0.15, -0.1) is 0 Å². The number of nitrogens with one attached hydrogen (secondary N) is 1. The summed E-state index contributed by atoms with van der Waals surface area (Å²) in [6.45, 7) is 4.69. The van der Waals surface area contributed by atoms with Crippen molar-refractivity contribution < 1.29 is 8.42 Å². The zero-order valence-corrected chi connectivity index (χ0v) is 14.4. The third kappa shape index (κ3) is 5.07. The van der Waals surface area contributed by atoms with Gasteiger partial charge in [-0.3, -0.25) is 0 Å². The Balaban J connectivity index is 2.76. The summed E-state index contributed by atoms with van der Waals surface area (Å²) in [5.41, 5.74) is 6.02. The van der Waals surface area contributed by atoms with Crippen molar-refractivity contribution in [3.63, 3.8) is 0 Å². The molecule has 0 aliphatic carbocycles. The van der Waals surface area contributed by atoms with Gasteiger partial charge in [-0.05, 0) is 30.5 Å². The van der Waals surface area contributed by atoms with Gasteiger partial charge in [0, 0.05) is 11.0 Å². The number of rotatable bonds is 8. The molecule has 0 spiro atoms. The van der Waals surface area contributed by atoms with Crippen LogP contribution >= 0.6 is 15.9 Å². The lowest BCUT2D eigenvalue weighted by Gasteiger charge is -2.16. The Bertz CT molecular complexity index is 532. The molecule has 0 bridgehead atoms. The van der Waals surface area contributed by atoms with Crippen LogP contribution < -0.4 is 10.5 Å². The predicted octanol–water partition coefficient (Wildman–Crippen LogP) is 3.53. The zero-order valence-electron chi connectivity index (χ0n) is 12.0. The maximum atomic E-state index is 12.3. The number of sulfonamides is 1. The highest BCUT2D eigenvalue weighted by atomic mass is 79.9. The van der Waals surface area contributed by atoms with Gasteiger partial charge in [-0.2, -0.15) is 0 Å². The molecule has 4 nitrogen and oxygen atoms in total. The Kier molecular flexibility index (Phi) is 6.99. The molecule has 0 heterocycles. The van der Waals surface area contributed by atoms with Crippen LogP contribution in [0.1, 0.15) is 39.5 Å². The molecule has 1 atom stereocenters. The first-order chi connectivity index (χ1) is 9.40. The summed E-state index contributed by atoms with van der Waals surface area (Å²) < 4.78 is 27.9. The van der Waals surface area contributed by atoms with Crippen LogP contribution in [0.3, 0.4) is 0 Å². The van der Waals surface area contributed by atoms with Crippen molar-refractivity contribution in [1.29, 1.82) is 0 Å². The van der Waals surface area contributed by atoms with Crippen molar-refractivity contribution in [2.45, 2.75) is 44.4 Å². The summed E-state index contributed by atoms with van der Waals surface area (Å²) in [5, 5.41) is 0. The van der Waals surface area contributed by atoms with E-state index in [2.05, 4.69) is 34.5 Å². The monoisotopic (exact) mass is 362 g/mol. The predicted molar refractivity (Wildman–Crippen MR) is 87.0 cm³/mol. The lowest BCUT2D eigenvalue weighted by molar-refractivity contribution is 0.444. The lowest BCUT2D eigenvalue weighted by Crippen LogP contribution is -2.29. The minimum atomic E-state index is -3.55. The summed E-state index contributed by atoms with van der Waals surface area (Å²) >= 11 is 3.27. The van der Waals surface area contributed by atoms with Gasteiger partial charge in [0.15, 0.2) is 0 Å². The summed E-state index contributed by atoms with van der Waals surface area (Å²) in [6, 6.07) is 4.85. The van der Waals surface area contributed by atoms with Crippen LogP contribution in [0, 0.1) is 5.92 Å². The molecule has 1 aromatic carbocycles. The van der Waals surface area contributed by atoms with E-state index in [0.717, 1.165) is 25.7 Å². The lowest BCUT2D eigenvalue weighted by atomic mass is 10.00. The molecule has 6 heteroatoms. The third-order valence-electron chi connectivity index (χ3n) is 3.37. The molecule has 114 valence electrons. The maximum Gasteiger partial charge on any atom is 0.242 e. The Morgan fingerprint density at radius 3 is 2.65 bits per heavy atom. The molecule has 0 aromatic heterocycles. The van der Waals surface area contributed by atoms with Gasteiger partial charge >= 0.3 is 0 Å². The van der Waals surface area contributed by atoms with E-state index in [1.807, 2.05) is 0 Å². The van der Waals surface area contributed by atoms with Crippen molar-refractivity contribution >= 4 is 31.6 Å². The Hall–Kier alpha value is -0.590. The first kappa shape index (κ1) is 17.5. The fourth-order valence-electron chi connectivity index (χ4n) is 1.99. The maximum absolute atomic E-state index is 12.3. The van der Waals surface area contributed by atoms with E-state index in [4.69, 9.17) is 5.73 Å². The molecule has 0 aliphatic heterocycles. The number of hydrogen-bond donors (Lipinski definition) is 2. The molecule has 0 saturated heterocycles. The van der Waals surface area contributed by atoms with E-state index in [0.29, 0.717) is 16.9 Å². The third-order valence-corrected chi connectivity index (χ3v) is 5.34. The van der Waals surface area contributed by atoms with Crippen LogP contribution in [0.25, 0.3) is 0 Å². The fourth-order valence-corrected chi connectivity index (χ4v) is 3.77.